The van der Waals surface area contributed by atoms with Crippen LogP contribution in [0.15, 0.2) is 53.4 Å². The highest BCUT2D eigenvalue weighted by atomic mass is 32.2. The summed E-state index contributed by atoms with van der Waals surface area (Å²) in [4.78, 5) is 12.9. The predicted molar refractivity (Wildman–Crippen MR) is 78.9 cm³/mol. The Hall–Kier alpha value is -2.45. The molecule has 0 atom stereocenters. The first-order valence-corrected chi connectivity index (χ1v) is 6.66. The second kappa shape index (κ2) is 6.64. The molecule has 0 aliphatic carbocycles. The van der Waals surface area contributed by atoms with E-state index >= 15 is 0 Å². The Kier molecular flexibility index (Phi) is 4.64. The van der Waals surface area contributed by atoms with Gasteiger partial charge in [-0.1, -0.05) is 6.07 Å². The van der Waals surface area contributed by atoms with E-state index in [2.05, 4.69) is 5.32 Å². The first kappa shape index (κ1) is 14.0. The van der Waals surface area contributed by atoms with Gasteiger partial charge < -0.3 is 10.1 Å². The molecule has 1 amide bonds. The molecule has 0 radical (unpaired) electrons. The van der Waals surface area contributed by atoms with Gasteiger partial charge >= 0.3 is 0 Å². The summed E-state index contributed by atoms with van der Waals surface area (Å²) < 4.78 is 5.08. The number of ether oxygens (including phenoxy) is 1. The van der Waals surface area contributed by atoms with E-state index in [1.54, 1.807) is 55.6 Å². The van der Waals surface area contributed by atoms with Crippen LogP contribution in [0.5, 0.6) is 5.75 Å². The molecule has 0 aliphatic heterocycles. The maximum atomic E-state index is 12.1. The number of carbonyl (C=O) groups is 1. The van der Waals surface area contributed by atoms with Crippen LogP contribution in [0, 0.1) is 10.7 Å². The van der Waals surface area contributed by atoms with Crippen molar-refractivity contribution < 1.29 is 9.53 Å². The molecule has 5 heteroatoms. The van der Waals surface area contributed by atoms with Crippen LogP contribution in [0.1, 0.15) is 10.4 Å². The lowest BCUT2D eigenvalue weighted by atomic mass is 10.2. The molecule has 4 nitrogen and oxygen atoms in total. The first-order chi connectivity index (χ1) is 9.72. The minimum atomic E-state index is -0.204. The van der Waals surface area contributed by atoms with Gasteiger partial charge in [0.05, 0.1) is 7.11 Å². The zero-order valence-electron chi connectivity index (χ0n) is 10.8. The molecule has 0 saturated carbocycles. The number of thioether (sulfide) groups is 1. The number of rotatable bonds is 4. The van der Waals surface area contributed by atoms with E-state index in [4.69, 9.17) is 10.00 Å². The number of hydrogen-bond acceptors (Lipinski definition) is 4. The van der Waals surface area contributed by atoms with E-state index in [0.29, 0.717) is 17.0 Å². The van der Waals surface area contributed by atoms with Crippen molar-refractivity contribution in [1.29, 1.82) is 5.26 Å². The van der Waals surface area contributed by atoms with E-state index in [-0.39, 0.29) is 5.91 Å². The topological polar surface area (TPSA) is 62.1 Å². The van der Waals surface area contributed by atoms with Crippen molar-refractivity contribution in [3.8, 4) is 11.2 Å². The minimum Gasteiger partial charge on any atom is -0.497 e. The number of hydrogen-bond donors (Lipinski definition) is 1. The molecule has 0 saturated heterocycles. The molecular formula is C15H12N2O2S. The van der Waals surface area contributed by atoms with Gasteiger partial charge in [-0.05, 0) is 54.2 Å². The summed E-state index contributed by atoms with van der Waals surface area (Å²) in [5, 5.41) is 13.4. The summed E-state index contributed by atoms with van der Waals surface area (Å²) >= 11 is 1.08. The van der Waals surface area contributed by atoms with Crippen molar-refractivity contribution in [2.45, 2.75) is 4.90 Å². The van der Waals surface area contributed by atoms with Crippen LogP contribution in [0.4, 0.5) is 5.69 Å². The molecule has 0 aromatic heterocycles. The lowest BCUT2D eigenvalue weighted by Crippen LogP contribution is -2.11. The first-order valence-electron chi connectivity index (χ1n) is 5.84. The van der Waals surface area contributed by atoms with E-state index in [9.17, 15) is 4.79 Å². The molecule has 2 aromatic rings. The summed E-state index contributed by atoms with van der Waals surface area (Å²) in [5.74, 6) is 0.433. The Morgan fingerprint density at radius 2 is 2.00 bits per heavy atom. The van der Waals surface area contributed by atoms with Crippen LogP contribution in [-0.4, -0.2) is 13.0 Å². The third-order valence-electron chi connectivity index (χ3n) is 2.61. The monoisotopic (exact) mass is 284 g/mol. The summed E-state index contributed by atoms with van der Waals surface area (Å²) in [7, 11) is 1.56. The van der Waals surface area contributed by atoms with Gasteiger partial charge in [-0.25, -0.2) is 0 Å². The van der Waals surface area contributed by atoms with Crippen LogP contribution >= 0.6 is 11.8 Å². The van der Waals surface area contributed by atoms with Gasteiger partial charge in [0.25, 0.3) is 5.91 Å². The van der Waals surface area contributed by atoms with Crippen molar-refractivity contribution in [2.75, 3.05) is 12.4 Å². The Balaban J connectivity index is 2.09. The van der Waals surface area contributed by atoms with Crippen LogP contribution in [0.2, 0.25) is 0 Å². The Morgan fingerprint density at radius 3 is 2.65 bits per heavy atom. The lowest BCUT2D eigenvalue weighted by molar-refractivity contribution is 0.102. The van der Waals surface area contributed by atoms with Gasteiger partial charge in [-0.3, -0.25) is 4.79 Å². The van der Waals surface area contributed by atoms with Crippen LogP contribution in [-0.2, 0) is 0 Å². The summed E-state index contributed by atoms with van der Waals surface area (Å²) in [6.45, 7) is 0. The predicted octanol–water partition coefficient (Wildman–Crippen LogP) is 3.52. The van der Waals surface area contributed by atoms with Gasteiger partial charge in [0.15, 0.2) is 0 Å². The summed E-state index contributed by atoms with van der Waals surface area (Å²) in [6, 6.07) is 14.0. The van der Waals surface area contributed by atoms with E-state index < -0.39 is 0 Å². The molecule has 2 aromatic carbocycles. The molecule has 1 N–H and O–H groups in total. The van der Waals surface area contributed by atoms with Crippen molar-refractivity contribution in [1.82, 2.24) is 0 Å². The smallest absolute Gasteiger partial charge is 0.255 e. The second-order valence-corrected chi connectivity index (χ2v) is 4.76. The average Bonchev–Trinajstić information content (AvgIpc) is 2.49. The number of nitriles is 1. The number of amides is 1. The van der Waals surface area contributed by atoms with Crippen molar-refractivity contribution >= 4 is 23.4 Å². The highest BCUT2D eigenvalue weighted by molar-refractivity contribution is 8.03. The van der Waals surface area contributed by atoms with Gasteiger partial charge in [0, 0.05) is 16.1 Å². The van der Waals surface area contributed by atoms with Gasteiger partial charge in [-0.2, -0.15) is 5.26 Å². The third-order valence-corrected chi connectivity index (χ3v) is 3.21. The average molecular weight is 284 g/mol. The maximum Gasteiger partial charge on any atom is 0.255 e. The van der Waals surface area contributed by atoms with Crippen molar-refractivity contribution in [2.24, 2.45) is 0 Å². The number of benzene rings is 2. The molecule has 2 rings (SSSR count). The largest absolute Gasteiger partial charge is 0.497 e. The number of nitrogens with one attached hydrogen (secondary N) is 1. The Morgan fingerprint density at radius 1 is 1.25 bits per heavy atom. The zero-order valence-corrected chi connectivity index (χ0v) is 11.6. The molecule has 0 fully saturated rings. The van der Waals surface area contributed by atoms with E-state index in [1.807, 2.05) is 5.40 Å². The number of anilines is 1. The maximum absolute atomic E-state index is 12.1. The Bertz CT molecular complexity index is 648. The molecule has 20 heavy (non-hydrogen) atoms. The molecule has 0 heterocycles. The Labute approximate surface area is 121 Å². The second-order valence-electron chi connectivity index (χ2n) is 3.90. The molecule has 0 spiro atoms. The highest BCUT2D eigenvalue weighted by Gasteiger charge is 2.07. The van der Waals surface area contributed by atoms with E-state index in [0.717, 1.165) is 16.7 Å². The van der Waals surface area contributed by atoms with Crippen LogP contribution in [0.3, 0.4) is 0 Å². The molecule has 0 aliphatic rings. The zero-order chi connectivity index (χ0) is 14.4. The van der Waals surface area contributed by atoms with Crippen molar-refractivity contribution in [3.63, 3.8) is 0 Å². The molecule has 0 bridgehead atoms. The van der Waals surface area contributed by atoms with Gasteiger partial charge in [-0.15, -0.1) is 0 Å². The quantitative estimate of drug-likeness (QED) is 0.689. The van der Waals surface area contributed by atoms with Gasteiger partial charge in [0.1, 0.15) is 11.2 Å². The molecular weight excluding hydrogens is 272 g/mol. The number of methoxy groups -OCH3 is 1. The van der Waals surface area contributed by atoms with Crippen LogP contribution < -0.4 is 10.1 Å². The minimum absolute atomic E-state index is 0.204. The molecule has 0 unspecified atom stereocenters. The fourth-order valence-corrected chi connectivity index (χ4v) is 2.00. The molecule has 100 valence electrons. The number of nitrogens with zero attached hydrogens (tertiary/aromatic N) is 1. The van der Waals surface area contributed by atoms with Crippen LogP contribution in [0.25, 0.3) is 0 Å². The fraction of sp³-hybridized carbons (Fsp3) is 0.0667. The van der Waals surface area contributed by atoms with E-state index in [1.165, 1.54) is 0 Å². The SMILES string of the molecule is COc1cccc(C(=O)Nc2ccc(SC#N)cc2)c1. The standard InChI is InChI=1S/C15H12N2O2S/c1-19-13-4-2-3-11(9-13)15(18)17-12-5-7-14(8-6-12)20-10-16/h2-9H,1H3,(H,17,18). The normalized spacial score (nSPS) is 9.60. The highest BCUT2D eigenvalue weighted by Crippen LogP contribution is 2.20. The van der Waals surface area contributed by atoms with Gasteiger partial charge in [0.2, 0.25) is 0 Å². The fourth-order valence-electron chi connectivity index (χ4n) is 1.63. The summed E-state index contributed by atoms with van der Waals surface area (Å²) in [5.41, 5.74) is 1.21. The third kappa shape index (κ3) is 3.53. The van der Waals surface area contributed by atoms with Crippen molar-refractivity contribution in [3.05, 3.63) is 54.1 Å². The number of thiocyanates is 1. The lowest BCUT2D eigenvalue weighted by Gasteiger charge is -2.07. The summed E-state index contributed by atoms with van der Waals surface area (Å²) in [6.07, 6.45) is 0. The number of carbonyl (C=O) groups excluding carboxylic acids is 1.